The number of hydrogen-bond donors (Lipinski definition) is 2. The molecule has 1 aliphatic carbocycles. The number of aliphatic carboxylic acids is 1. The van der Waals surface area contributed by atoms with Crippen LogP contribution in [0.15, 0.2) is 12.1 Å². The number of aromatic nitrogens is 2. The number of nitrogens with zero attached hydrogens (tertiary/aromatic N) is 3. The summed E-state index contributed by atoms with van der Waals surface area (Å²) in [7, 11) is 2.11. The quantitative estimate of drug-likeness (QED) is 0.835. The van der Waals surface area contributed by atoms with Crippen molar-refractivity contribution in [3.05, 3.63) is 17.8 Å². The summed E-state index contributed by atoms with van der Waals surface area (Å²) in [5.41, 5.74) is 1.03. The highest BCUT2D eigenvalue weighted by atomic mass is 16.4. The van der Waals surface area contributed by atoms with Crippen molar-refractivity contribution in [2.75, 3.05) is 25.5 Å². The summed E-state index contributed by atoms with van der Waals surface area (Å²) in [5, 5.41) is 20.4. The maximum Gasteiger partial charge on any atom is 0.308 e. The van der Waals surface area contributed by atoms with Crippen LogP contribution in [-0.2, 0) is 4.79 Å². The van der Waals surface area contributed by atoms with Crippen molar-refractivity contribution in [3.8, 4) is 0 Å². The molecule has 2 N–H and O–H groups in total. The lowest BCUT2D eigenvalue weighted by Gasteiger charge is -2.10. The molecule has 102 valence electrons. The fourth-order valence-electron chi connectivity index (χ4n) is 2.63. The van der Waals surface area contributed by atoms with Crippen LogP contribution in [0, 0.1) is 5.92 Å². The van der Waals surface area contributed by atoms with Crippen LogP contribution < -0.4 is 5.32 Å². The Balaban J connectivity index is 1.59. The Morgan fingerprint density at radius 2 is 2.32 bits per heavy atom. The summed E-state index contributed by atoms with van der Waals surface area (Å²) >= 11 is 0. The topological polar surface area (TPSA) is 78.4 Å². The number of carboxylic acid groups (broad SMARTS) is 1. The van der Waals surface area contributed by atoms with Gasteiger partial charge in [-0.15, -0.1) is 5.10 Å². The molecule has 2 fully saturated rings. The molecule has 1 aliphatic heterocycles. The summed E-state index contributed by atoms with van der Waals surface area (Å²) < 4.78 is 0. The normalized spacial score (nSPS) is 30.3. The molecular weight excluding hydrogens is 244 g/mol. The van der Waals surface area contributed by atoms with E-state index in [2.05, 4.69) is 27.5 Å². The lowest BCUT2D eigenvalue weighted by molar-refractivity contribution is -0.138. The van der Waals surface area contributed by atoms with Crippen molar-refractivity contribution in [2.45, 2.75) is 24.8 Å². The molecule has 0 amide bonds. The van der Waals surface area contributed by atoms with Crippen molar-refractivity contribution < 1.29 is 9.90 Å². The number of hydrogen-bond acceptors (Lipinski definition) is 5. The third kappa shape index (κ3) is 2.68. The average Bonchev–Trinajstić information content (AvgIpc) is 3.03. The average molecular weight is 262 g/mol. The van der Waals surface area contributed by atoms with Crippen molar-refractivity contribution in [1.29, 1.82) is 0 Å². The van der Waals surface area contributed by atoms with E-state index in [1.807, 2.05) is 12.1 Å². The summed E-state index contributed by atoms with van der Waals surface area (Å²) in [4.78, 5) is 13.0. The summed E-state index contributed by atoms with van der Waals surface area (Å²) in [6, 6.07) is 3.91. The third-order valence-corrected chi connectivity index (χ3v) is 3.94. The first-order valence-corrected chi connectivity index (χ1v) is 6.65. The van der Waals surface area contributed by atoms with E-state index in [0.717, 1.165) is 25.2 Å². The molecule has 0 radical (unpaired) electrons. The molecule has 0 spiro atoms. The number of likely N-dealkylation sites (tertiary alicyclic amines) is 1. The van der Waals surface area contributed by atoms with Crippen LogP contribution in [0.4, 0.5) is 5.82 Å². The zero-order valence-electron chi connectivity index (χ0n) is 10.9. The van der Waals surface area contributed by atoms with Crippen molar-refractivity contribution in [2.24, 2.45) is 5.92 Å². The Morgan fingerprint density at radius 1 is 1.47 bits per heavy atom. The highest BCUT2D eigenvalue weighted by Gasteiger charge is 2.43. The fourth-order valence-corrected chi connectivity index (χ4v) is 2.63. The van der Waals surface area contributed by atoms with Crippen LogP contribution >= 0.6 is 0 Å². The molecule has 3 rings (SSSR count). The number of anilines is 1. The molecule has 0 aromatic carbocycles. The van der Waals surface area contributed by atoms with E-state index >= 15 is 0 Å². The number of carbonyl (C=O) groups is 1. The molecule has 6 heteroatoms. The van der Waals surface area contributed by atoms with Gasteiger partial charge in [-0.1, -0.05) is 0 Å². The summed E-state index contributed by atoms with van der Waals surface area (Å²) in [5.74, 6) is 0.129. The van der Waals surface area contributed by atoms with Gasteiger partial charge in [0, 0.05) is 18.5 Å². The molecular formula is C13H18N4O2. The summed E-state index contributed by atoms with van der Waals surface area (Å²) in [6.07, 6.45) is 1.80. The van der Waals surface area contributed by atoms with Gasteiger partial charge < -0.3 is 15.3 Å². The van der Waals surface area contributed by atoms with Crippen LogP contribution in [0.2, 0.25) is 0 Å². The largest absolute Gasteiger partial charge is 0.481 e. The molecule has 6 nitrogen and oxygen atoms in total. The first-order chi connectivity index (χ1) is 9.13. The summed E-state index contributed by atoms with van der Waals surface area (Å²) in [6.45, 7) is 2.14. The van der Waals surface area contributed by atoms with Gasteiger partial charge in [-0.05, 0) is 38.6 Å². The maximum absolute atomic E-state index is 10.7. The Kier molecular flexibility index (Phi) is 3.10. The minimum Gasteiger partial charge on any atom is -0.481 e. The van der Waals surface area contributed by atoms with Gasteiger partial charge in [0.15, 0.2) is 0 Å². The highest BCUT2D eigenvalue weighted by Crippen LogP contribution is 2.33. The van der Waals surface area contributed by atoms with Gasteiger partial charge in [-0.25, -0.2) is 0 Å². The molecule has 3 unspecified atom stereocenters. The second-order valence-electron chi connectivity index (χ2n) is 5.52. The van der Waals surface area contributed by atoms with Gasteiger partial charge in [-0.3, -0.25) is 4.79 Å². The van der Waals surface area contributed by atoms with Crippen molar-refractivity contribution >= 4 is 11.8 Å². The van der Waals surface area contributed by atoms with Crippen LogP contribution in [-0.4, -0.2) is 52.4 Å². The zero-order chi connectivity index (χ0) is 13.4. The molecule has 1 saturated carbocycles. The van der Waals surface area contributed by atoms with E-state index in [-0.39, 0.29) is 12.0 Å². The van der Waals surface area contributed by atoms with Gasteiger partial charge in [0.05, 0.1) is 11.6 Å². The Bertz CT molecular complexity index is 476. The fraction of sp³-hybridized carbons (Fsp3) is 0.615. The standard InChI is InChI=1S/C13H18N4O2/c1-17-5-4-8(7-17)10-2-3-12(16-15-10)14-11-6-9(11)13(18)19/h2-3,8-9,11H,4-7H2,1H3,(H,14,16)(H,18,19). The smallest absolute Gasteiger partial charge is 0.308 e. The molecule has 1 aromatic rings. The van der Waals surface area contributed by atoms with Gasteiger partial charge in [-0.2, -0.15) is 5.10 Å². The van der Waals surface area contributed by atoms with Crippen LogP contribution in [0.5, 0.6) is 0 Å². The zero-order valence-corrected chi connectivity index (χ0v) is 10.9. The second kappa shape index (κ2) is 4.77. The predicted octanol–water partition coefficient (Wildman–Crippen LogP) is 0.781. The Morgan fingerprint density at radius 3 is 2.84 bits per heavy atom. The van der Waals surface area contributed by atoms with E-state index in [4.69, 9.17) is 5.11 Å². The van der Waals surface area contributed by atoms with Gasteiger partial charge >= 0.3 is 5.97 Å². The second-order valence-corrected chi connectivity index (χ2v) is 5.52. The SMILES string of the molecule is CN1CCC(c2ccc(NC3CC3C(=O)O)nn2)C1. The van der Waals surface area contributed by atoms with Gasteiger partial charge in [0.25, 0.3) is 0 Å². The van der Waals surface area contributed by atoms with E-state index < -0.39 is 5.97 Å². The van der Waals surface area contributed by atoms with Crippen LogP contribution in [0.1, 0.15) is 24.5 Å². The third-order valence-electron chi connectivity index (χ3n) is 3.94. The number of likely N-dealkylation sites (N-methyl/N-ethyl adjacent to an activating group) is 1. The molecule has 2 heterocycles. The molecule has 1 saturated heterocycles. The van der Waals surface area contributed by atoms with E-state index in [9.17, 15) is 4.79 Å². The molecule has 2 aliphatic rings. The maximum atomic E-state index is 10.7. The van der Waals surface area contributed by atoms with Crippen LogP contribution in [0.25, 0.3) is 0 Å². The lowest BCUT2D eigenvalue weighted by Crippen LogP contribution is -2.14. The van der Waals surface area contributed by atoms with E-state index in [1.165, 1.54) is 0 Å². The van der Waals surface area contributed by atoms with Crippen molar-refractivity contribution in [3.63, 3.8) is 0 Å². The first kappa shape index (κ1) is 12.3. The minimum atomic E-state index is -0.740. The molecule has 1 aromatic heterocycles. The molecule has 0 bridgehead atoms. The van der Waals surface area contributed by atoms with Gasteiger partial charge in [0.2, 0.25) is 0 Å². The molecule has 19 heavy (non-hydrogen) atoms. The highest BCUT2D eigenvalue weighted by molar-refractivity contribution is 5.75. The Hall–Kier alpha value is -1.69. The first-order valence-electron chi connectivity index (χ1n) is 6.65. The number of rotatable bonds is 4. The van der Waals surface area contributed by atoms with Crippen LogP contribution in [0.3, 0.4) is 0 Å². The monoisotopic (exact) mass is 262 g/mol. The number of carboxylic acids is 1. The predicted molar refractivity (Wildman–Crippen MR) is 70.0 cm³/mol. The number of nitrogens with one attached hydrogen (secondary N) is 1. The van der Waals surface area contributed by atoms with E-state index in [1.54, 1.807) is 0 Å². The molecule has 3 atom stereocenters. The minimum absolute atomic E-state index is 0.00950. The Labute approximate surface area is 111 Å². The van der Waals surface area contributed by atoms with Crippen molar-refractivity contribution in [1.82, 2.24) is 15.1 Å². The van der Waals surface area contributed by atoms with E-state index in [0.29, 0.717) is 18.2 Å². The van der Waals surface area contributed by atoms with Gasteiger partial charge in [0.1, 0.15) is 5.82 Å². The lowest BCUT2D eigenvalue weighted by atomic mass is 10.1.